The Morgan fingerprint density at radius 2 is 1.72 bits per heavy atom. The van der Waals surface area contributed by atoms with Gasteiger partial charge in [-0.25, -0.2) is 9.78 Å². The van der Waals surface area contributed by atoms with Crippen LogP contribution in [0.5, 0.6) is 0 Å². The first-order valence-corrected chi connectivity index (χ1v) is 8.87. The lowest BCUT2D eigenvalue weighted by atomic mass is 10.1. The van der Waals surface area contributed by atoms with E-state index in [2.05, 4.69) is 4.98 Å². The van der Waals surface area contributed by atoms with Gasteiger partial charge in [-0.1, -0.05) is 12.8 Å². The molecule has 0 bridgehead atoms. The molecule has 2 aliphatic rings. The van der Waals surface area contributed by atoms with E-state index in [1.54, 1.807) is 13.1 Å². The van der Waals surface area contributed by atoms with Gasteiger partial charge >= 0.3 is 5.69 Å². The van der Waals surface area contributed by atoms with E-state index in [0.717, 1.165) is 30.3 Å². The van der Waals surface area contributed by atoms with Crippen LogP contribution < -0.4 is 11.2 Å². The van der Waals surface area contributed by atoms with Gasteiger partial charge < -0.3 is 4.90 Å². The zero-order valence-electron chi connectivity index (χ0n) is 14.6. The molecule has 0 unspecified atom stereocenters. The largest absolute Gasteiger partial charge is 0.333 e. The van der Waals surface area contributed by atoms with Crippen LogP contribution in [0.15, 0.2) is 21.9 Å². The van der Waals surface area contributed by atoms with E-state index >= 15 is 0 Å². The van der Waals surface area contributed by atoms with Crippen molar-refractivity contribution in [2.45, 2.75) is 50.6 Å². The van der Waals surface area contributed by atoms with Crippen molar-refractivity contribution in [1.82, 2.24) is 19.0 Å². The number of nitrogens with zero attached hydrogens (tertiary/aromatic N) is 4. The zero-order chi connectivity index (χ0) is 17.7. The maximum Gasteiger partial charge on any atom is 0.332 e. The monoisotopic (exact) mass is 342 g/mol. The van der Waals surface area contributed by atoms with Crippen LogP contribution >= 0.6 is 0 Å². The molecule has 2 saturated carbocycles. The second-order valence-electron chi connectivity index (χ2n) is 7.18. The van der Waals surface area contributed by atoms with Crippen LogP contribution in [0.1, 0.15) is 48.9 Å². The first-order valence-electron chi connectivity index (χ1n) is 8.87. The highest BCUT2D eigenvalue weighted by Crippen LogP contribution is 2.35. The lowest BCUT2D eigenvalue weighted by Gasteiger charge is -2.29. The molecular formula is C18H22N4O3. The second kappa shape index (κ2) is 5.82. The average Bonchev–Trinajstić information content (AvgIpc) is 3.31. The summed E-state index contributed by atoms with van der Waals surface area (Å²) in [6.07, 6.45) is 8.05. The third-order valence-corrected chi connectivity index (χ3v) is 5.43. The smallest absolute Gasteiger partial charge is 0.332 e. The SMILES string of the molecule is Cn1c(=O)c2cc(C(=O)N(C3CCCC3)C3CC3)cnc2n(C)c1=O. The molecule has 25 heavy (non-hydrogen) atoms. The molecule has 132 valence electrons. The van der Waals surface area contributed by atoms with Gasteiger partial charge in [0.05, 0.1) is 10.9 Å². The second-order valence-corrected chi connectivity index (χ2v) is 7.18. The summed E-state index contributed by atoms with van der Waals surface area (Å²) in [5.74, 6) is -0.0419. The first-order chi connectivity index (χ1) is 12.0. The molecule has 0 aromatic carbocycles. The quantitative estimate of drug-likeness (QED) is 0.839. The fraction of sp³-hybridized carbons (Fsp3) is 0.556. The number of aryl methyl sites for hydroxylation is 1. The highest BCUT2D eigenvalue weighted by molar-refractivity contribution is 5.97. The van der Waals surface area contributed by atoms with Crippen molar-refractivity contribution < 1.29 is 4.79 Å². The Hall–Kier alpha value is -2.44. The summed E-state index contributed by atoms with van der Waals surface area (Å²) in [7, 11) is 3.02. The lowest BCUT2D eigenvalue weighted by molar-refractivity contribution is 0.0664. The lowest BCUT2D eigenvalue weighted by Crippen LogP contribution is -2.41. The Kier molecular flexibility index (Phi) is 3.74. The molecule has 2 fully saturated rings. The summed E-state index contributed by atoms with van der Waals surface area (Å²) in [4.78, 5) is 43.8. The van der Waals surface area contributed by atoms with E-state index in [1.807, 2.05) is 4.90 Å². The van der Waals surface area contributed by atoms with Crippen LogP contribution in [0, 0.1) is 0 Å². The Balaban J connectivity index is 1.79. The van der Waals surface area contributed by atoms with Crippen LogP contribution in [-0.2, 0) is 14.1 Å². The molecule has 0 aliphatic heterocycles. The van der Waals surface area contributed by atoms with E-state index in [9.17, 15) is 14.4 Å². The molecule has 7 heteroatoms. The summed E-state index contributed by atoms with van der Waals surface area (Å²) in [6, 6.07) is 2.23. The number of rotatable bonds is 3. The fourth-order valence-corrected chi connectivity index (χ4v) is 3.90. The Labute approximate surface area is 144 Å². The van der Waals surface area contributed by atoms with Gasteiger partial charge in [0.15, 0.2) is 0 Å². The van der Waals surface area contributed by atoms with Crippen molar-refractivity contribution in [3.63, 3.8) is 0 Å². The fourth-order valence-electron chi connectivity index (χ4n) is 3.90. The topological polar surface area (TPSA) is 77.2 Å². The van der Waals surface area contributed by atoms with Gasteiger partial charge in [0, 0.05) is 32.4 Å². The van der Waals surface area contributed by atoms with Crippen molar-refractivity contribution in [2.24, 2.45) is 14.1 Å². The molecule has 1 amide bonds. The molecule has 2 aliphatic carbocycles. The number of carbonyl (C=O) groups is 1. The van der Waals surface area contributed by atoms with Crippen LogP contribution in [0.2, 0.25) is 0 Å². The molecule has 2 aromatic heterocycles. The van der Waals surface area contributed by atoms with Crippen molar-refractivity contribution in [2.75, 3.05) is 0 Å². The molecule has 0 N–H and O–H groups in total. The van der Waals surface area contributed by atoms with E-state index in [-0.39, 0.29) is 5.91 Å². The molecule has 2 heterocycles. The van der Waals surface area contributed by atoms with Gasteiger partial charge in [-0.05, 0) is 31.7 Å². The van der Waals surface area contributed by atoms with Crippen molar-refractivity contribution in [3.8, 4) is 0 Å². The van der Waals surface area contributed by atoms with Gasteiger partial charge in [0.1, 0.15) is 5.65 Å². The highest BCUT2D eigenvalue weighted by Gasteiger charge is 2.38. The Morgan fingerprint density at radius 3 is 2.36 bits per heavy atom. The van der Waals surface area contributed by atoms with Crippen molar-refractivity contribution in [3.05, 3.63) is 38.7 Å². The first kappa shape index (κ1) is 16.1. The standard InChI is InChI=1S/C18H22N4O3/c1-20-15-14(17(24)21(2)18(20)25)9-11(10-19-15)16(23)22(13-7-8-13)12-5-3-4-6-12/h9-10,12-13H,3-8H2,1-2H3. The van der Waals surface area contributed by atoms with Crippen LogP contribution in [-0.4, -0.2) is 37.0 Å². The summed E-state index contributed by atoms with van der Waals surface area (Å²) in [5.41, 5.74) is -0.0979. The summed E-state index contributed by atoms with van der Waals surface area (Å²) in [5, 5.41) is 0.303. The Morgan fingerprint density at radius 1 is 1.08 bits per heavy atom. The minimum absolute atomic E-state index is 0.0419. The molecule has 7 nitrogen and oxygen atoms in total. The third kappa shape index (κ3) is 2.58. The predicted molar refractivity (Wildman–Crippen MR) is 93.7 cm³/mol. The number of carbonyl (C=O) groups excluding carboxylic acids is 1. The highest BCUT2D eigenvalue weighted by atomic mass is 16.2. The molecule has 0 saturated heterocycles. The average molecular weight is 342 g/mol. The number of pyridine rings is 1. The molecular weight excluding hydrogens is 320 g/mol. The van der Waals surface area contributed by atoms with Crippen molar-refractivity contribution in [1.29, 1.82) is 0 Å². The summed E-state index contributed by atoms with van der Waals surface area (Å²) >= 11 is 0. The van der Waals surface area contributed by atoms with Gasteiger partial charge in [-0.2, -0.15) is 0 Å². The third-order valence-electron chi connectivity index (χ3n) is 5.43. The van der Waals surface area contributed by atoms with Crippen LogP contribution in [0.3, 0.4) is 0 Å². The minimum atomic E-state index is -0.422. The number of hydrogen-bond acceptors (Lipinski definition) is 4. The number of amides is 1. The van der Waals surface area contributed by atoms with E-state index in [4.69, 9.17) is 0 Å². The predicted octanol–water partition coefficient (Wildman–Crippen LogP) is 1.18. The maximum absolute atomic E-state index is 13.1. The normalized spacial score (nSPS) is 18.0. The van der Waals surface area contributed by atoms with E-state index < -0.39 is 11.2 Å². The van der Waals surface area contributed by atoms with Gasteiger partial charge in [0.25, 0.3) is 11.5 Å². The summed E-state index contributed by atoms with van der Waals surface area (Å²) < 4.78 is 2.38. The zero-order valence-corrected chi connectivity index (χ0v) is 14.6. The summed E-state index contributed by atoms with van der Waals surface area (Å²) in [6.45, 7) is 0. The van der Waals surface area contributed by atoms with Gasteiger partial charge in [0.2, 0.25) is 0 Å². The maximum atomic E-state index is 13.1. The van der Waals surface area contributed by atoms with Gasteiger partial charge in [-0.3, -0.25) is 18.7 Å². The molecule has 4 rings (SSSR count). The molecule has 2 aromatic rings. The van der Waals surface area contributed by atoms with E-state index in [0.29, 0.717) is 28.7 Å². The van der Waals surface area contributed by atoms with Crippen LogP contribution in [0.25, 0.3) is 11.0 Å². The molecule has 0 radical (unpaired) electrons. The number of aromatic nitrogens is 3. The number of hydrogen-bond donors (Lipinski definition) is 0. The van der Waals surface area contributed by atoms with E-state index in [1.165, 1.54) is 30.7 Å². The van der Waals surface area contributed by atoms with Crippen molar-refractivity contribution >= 4 is 16.9 Å². The number of fused-ring (bicyclic) bond motifs is 1. The van der Waals surface area contributed by atoms with Crippen LogP contribution in [0.4, 0.5) is 0 Å². The van der Waals surface area contributed by atoms with Gasteiger partial charge in [-0.15, -0.1) is 0 Å². The minimum Gasteiger partial charge on any atom is -0.333 e. The molecule has 0 atom stereocenters. The molecule has 0 spiro atoms. The Bertz CT molecular complexity index is 965.